The molecule has 0 spiro atoms. The van der Waals surface area contributed by atoms with Crippen molar-refractivity contribution < 1.29 is 18.7 Å². The van der Waals surface area contributed by atoms with E-state index in [0.717, 1.165) is 24.0 Å². The van der Waals surface area contributed by atoms with E-state index in [1.165, 1.54) is 13.2 Å². The molecule has 1 aliphatic heterocycles. The Balaban J connectivity index is 1.66. The van der Waals surface area contributed by atoms with Crippen molar-refractivity contribution in [3.63, 3.8) is 0 Å². The molecule has 28 heavy (non-hydrogen) atoms. The molecule has 1 N–H and O–H groups in total. The fourth-order valence-corrected chi connectivity index (χ4v) is 3.77. The SMILES string of the molecule is COc1ccc(C2CCCN2C(=O)NCC(OC)c2cccc(Cl)c2)cc1F. The summed E-state index contributed by atoms with van der Waals surface area (Å²) in [5, 5.41) is 3.55. The van der Waals surface area contributed by atoms with Crippen molar-refractivity contribution in [2.75, 3.05) is 27.3 Å². The number of nitrogens with one attached hydrogen (secondary N) is 1. The molecule has 1 heterocycles. The topological polar surface area (TPSA) is 50.8 Å². The van der Waals surface area contributed by atoms with Crippen molar-refractivity contribution >= 4 is 17.6 Å². The maximum atomic E-state index is 14.1. The molecule has 3 rings (SSSR count). The van der Waals surface area contributed by atoms with Gasteiger partial charge in [-0.1, -0.05) is 29.8 Å². The summed E-state index contributed by atoms with van der Waals surface area (Å²) in [6.07, 6.45) is 1.36. The van der Waals surface area contributed by atoms with E-state index in [1.54, 1.807) is 24.1 Å². The van der Waals surface area contributed by atoms with E-state index < -0.39 is 5.82 Å². The largest absolute Gasteiger partial charge is 0.494 e. The van der Waals surface area contributed by atoms with E-state index in [1.807, 2.05) is 24.3 Å². The summed E-state index contributed by atoms with van der Waals surface area (Å²) >= 11 is 6.04. The number of nitrogens with zero attached hydrogens (tertiary/aromatic N) is 1. The van der Waals surface area contributed by atoms with Crippen LogP contribution in [0.4, 0.5) is 9.18 Å². The van der Waals surface area contributed by atoms with Gasteiger partial charge in [-0.05, 0) is 48.2 Å². The third-order valence-electron chi connectivity index (χ3n) is 5.02. The van der Waals surface area contributed by atoms with E-state index in [4.69, 9.17) is 21.1 Å². The van der Waals surface area contributed by atoms with Crippen molar-refractivity contribution in [1.82, 2.24) is 10.2 Å². The van der Waals surface area contributed by atoms with Gasteiger partial charge in [0.15, 0.2) is 11.6 Å². The van der Waals surface area contributed by atoms with Gasteiger partial charge in [-0.15, -0.1) is 0 Å². The summed E-state index contributed by atoms with van der Waals surface area (Å²) in [5.74, 6) is -0.227. The van der Waals surface area contributed by atoms with Crippen LogP contribution in [0.25, 0.3) is 0 Å². The third-order valence-corrected chi connectivity index (χ3v) is 5.25. The Morgan fingerprint density at radius 3 is 2.82 bits per heavy atom. The lowest BCUT2D eigenvalue weighted by atomic mass is 10.0. The van der Waals surface area contributed by atoms with Gasteiger partial charge in [0.05, 0.1) is 19.3 Å². The van der Waals surface area contributed by atoms with Crippen LogP contribution in [0.5, 0.6) is 5.75 Å². The minimum atomic E-state index is -0.423. The minimum absolute atomic E-state index is 0.160. The van der Waals surface area contributed by atoms with Crippen LogP contribution in [-0.4, -0.2) is 38.2 Å². The van der Waals surface area contributed by atoms with Crippen LogP contribution in [0.2, 0.25) is 5.02 Å². The van der Waals surface area contributed by atoms with Gasteiger partial charge >= 0.3 is 6.03 Å². The molecule has 2 amide bonds. The Morgan fingerprint density at radius 1 is 1.32 bits per heavy atom. The predicted octanol–water partition coefficient (Wildman–Crippen LogP) is 4.72. The maximum absolute atomic E-state index is 14.1. The number of carbonyl (C=O) groups excluding carboxylic acids is 1. The average molecular weight is 407 g/mol. The zero-order valence-corrected chi connectivity index (χ0v) is 16.7. The number of benzene rings is 2. The van der Waals surface area contributed by atoms with Crippen LogP contribution >= 0.6 is 11.6 Å². The molecule has 1 fully saturated rings. The number of urea groups is 1. The first-order valence-corrected chi connectivity index (χ1v) is 9.57. The average Bonchev–Trinajstić information content (AvgIpc) is 3.18. The molecule has 0 saturated carbocycles. The summed E-state index contributed by atoms with van der Waals surface area (Å²) < 4.78 is 24.6. The third kappa shape index (κ3) is 4.56. The fraction of sp³-hybridized carbons (Fsp3) is 0.381. The second kappa shape index (κ2) is 9.26. The molecule has 0 bridgehead atoms. The molecule has 0 aromatic heterocycles. The van der Waals surface area contributed by atoms with Crippen LogP contribution in [0, 0.1) is 5.82 Å². The normalized spacial score (nSPS) is 17.4. The number of rotatable bonds is 6. The first-order valence-electron chi connectivity index (χ1n) is 9.19. The van der Waals surface area contributed by atoms with Crippen molar-refractivity contribution in [1.29, 1.82) is 0 Å². The maximum Gasteiger partial charge on any atom is 0.318 e. The van der Waals surface area contributed by atoms with Crippen LogP contribution in [0.3, 0.4) is 0 Å². The Hall–Kier alpha value is -2.31. The molecule has 1 saturated heterocycles. The zero-order chi connectivity index (χ0) is 20.1. The smallest absolute Gasteiger partial charge is 0.318 e. The van der Waals surface area contributed by atoms with Crippen LogP contribution in [-0.2, 0) is 4.74 Å². The molecule has 5 nitrogen and oxygen atoms in total. The molecule has 2 atom stereocenters. The number of methoxy groups -OCH3 is 2. The van der Waals surface area contributed by atoms with E-state index in [2.05, 4.69) is 5.32 Å². The van der Waals surface area contributed by atoms with Crippen molar-refractivity contribution in [3.05, 3.63) is 64.4 Å². The van der Waals surface area contributed by atoms with E-state index in [0.29, 0.717) is 18.1 Å². The first kappa shape index (κ1) is 20.4. The molecular formula is C21H24ClFN2O3. The highest BCUT2D eigenvalue weighted by Crippen LogP contribution is 2.33. The zero-order valence-electron chi connectivity index (χ0n) is 16.0. The van der Waals surface area contributed by atoms with Gasteiger partial charge in [0, 0.05) is 25.2 Å². The Bertz CT molecular complexity index is 833. The number of hydrogen-bond donors (Lipinski definition) is 1. The quantitative estimate of drug-likeness (QED) is 0.755. The number of amides is 2. The van der Waals surface area contributed by atoms with E-state index in [9.17, 15) is 9.18 Å². The number of carbonyl (C=O) groups is 1. The van der Waals surface area contributed by atoms with Gasteiger partial charge in [0.25, 0.3) is 0 Å². The second-order valence-corrected chi connectivity index (χ2v) is 7.15. The number of halogens is 2. The lowest BCUT2D eigenvalue weighted by molar-refractivity contribution is 0.101. The summed E-state index contributed by atoms with van der Waals surface area (Å²) in [5.41, 5.74) is 1.66. The second-order valence-electron chi connectivity index (χ2n) is 6.71. The van der Waals surface area contributed by atoms with Crippen molar-refractivity contribution in [2.45, 2.75) is 25.0 Å². The van der Waals surface area contributed by atoms with Gasteiger partial charge in [-0.3, -0.25) is 0 Å². The standard InChI is InChI=1S/C21H24ClFN2O3/c1-27-19-9-8-14(12-17(19)23)18-7-4-10-25(18)21(26)24-13-20(28-2)15-5-3-6-16(22)11-15/h3,5-6,8-9,11-12,18,20H,4,7,10,13H2,1-2H3,(H,24,26). The Labute approximate surface area is 169 Å². The molecule has 1 aliphatic rings. The highest BCUT2D eigenvalue weighted by atomic mass is 35.5. The highest BCUT2D eigenvalue weighted by Gasteiger charge is 2.30. The molecule has 0 aliphatic carbocycles. The molecule has 0 radical (unpaired) electrons. The van der Waals surface area contributed by atoms with Gasteiger partial charge < -0.3 is 19.7 Å². The Kier molecular flexibility index (Phi) is 6.75. The number of hydrogen-bond acceptors (Lipinski definition) is 3. The van der Waals surface area contributed by atoms with E-state index >= 15 is 0 Å². The summed E-state index contributed by atoms with van der Waals surface area (Å²) in [4.78, 5) is 14.5. The molecule has 2 aromatic rings. The molecule has 7 heteroatoms. The van der Waals surface area contributed by atoms with Crippen LogP contribution in [0.15, 0.2) is 42.5 Å². The lowest BCUT2D eigenvalue weighted by Crippen LogP contribution is -2.41. The fourth-order valence-electron chi connectivity index (χ4n) is 3.57. The van der Waals surface area contributed by atoms with Gasteiger partial charge in [0.2, 0.25) is 0 Å². The molecular weight excluding hydrogens is 383 g/mol. The lowest BCUT2D eigenvalue weighted by Gasteiger charge is -2.27. The first-order chi connectivity index (χ1) is 13.5. The van der Waals surface area contributed by atoms with Gasteiger partial charge in [-0.25, -0.2) is 9.18 Å². The van der Waals surface area contributed by atoms with Crippen LogP contribution < -0.4 is 10.1 Å². The predicted molar refractivity (Wildman–Crippen MR) is 106 cm³/mol. The van der Waals surface area contributed by atoms with Gasteiger partial charge in [-0.2, -0.15) is 0 Å². The molecule has 150 valence electrons. The highest BCUT2D eigenvalue weighted by molar-refractivity contribution is 6.30. The summed E-state index contributed by atoms with van der Waals surface area (Å²) in [6.45, 7) is 0.939. The number of likely N-dealkylation sites (tertiary alicyclic amines) is 1. The number of ether oxygens (including phenoxy) is 2. The van der Waals surface area contributed by atoms with Gasteiger partial charge in [0.1, 0.15) is 0 Å². The minimum Gasteiger partial charge on any atom is -0.494 e. The van der Waals surface area contributed by atoms with Crippen molar-refractivity contribution in [2.24, 2.45) is 0 Å². The summed E-state index contributed by atoms with van der Waals surface area (Å²) in [6, 6.07) is 11.9. The van der Waals surface area contributed by atoms with E-state index in [-0.39, 0.29) is 23.9 Å². The molecule has 2 aromatic carbocycles. The van der Waals surface area contributed by atoms with Crippen molar-refractivity contribution in [3.8, 4) is 5.75 Å². The summed E-state index contributed by atoms with van der Waals surface area (Å²) in [7, 11) is 3.02. The monoisotopic (exact) mass is 406 g/mol. The molecule has 2 unspecified atom stereocenters. The Morgan fingerprint density at radius 2 is 2.14 bits per heavy atom. The van der Waals surface area contributed by atoms with Crippen LogP contribution in [0.1, 0.15) is 36.1 Å².